The molecule has 2 aromatic rings. The molecule has 1 aliphatic rings. The van der Waals surface area contributed by atoms with Crippen molar-refractivity contribution in [3.63, 3.8) is 0 Å². The van der Waals surface area contributed by atoms with E-state index in [0.29, 0.717) is 11.8 Å². The number of nitrogens with one attached hydrogen (secondary N) is 1. The lowest BCUT2D eigenvalue weighted by Gasteiger charge is -2.30. The fraction of sp³-hybridized carbons (Fsp3) is 0.556. The molecule has 1 atom stereocenters. The van der Waals surface area contributed by atoms with Crippen LogP contribution in [0.4, 0.5) is 0 Å². The number of rotatable bonds is 5. The lowest BCUT2D eigenvalue weighted by Crippen LogP contribution is -2.44. The Morgan fingerprint density at radius 1 is 1.40 bits per heavy atom. The number of likely N-dealkylation sites (N-methyl/N-ethyl adjacent to an activating group) is 1. The first kappa shape index (κ1) is 19.7. The van der Waals surface area contributed by atoms with Crippen LogP contribution in [0.3, 0.4) is 0 Å². The molecule has 0 saturated carbocycles. The van der Waals surface area contributed by atoms with E-state index in [1.54, 1.807) is 0 Å². The first-order chi connectivity index (χ1) is 11.5. The van der Waals surface area contributed by atoms with Gasteiger partial charge in [-0.1, -0.05) is 25.1 Å². The number of aromatic nitrogens is 2. The van der Waals surface area contributed by atoms with Crippen LogP contribution in [0, 0.1) is 6.92 Å². The molecular weight excluding hydrogens is 340 g/mol. The molecule has 2 heterocycles. The quantitative estimate of drug-likeness (QED) is 0.877. The number of aryl methyl sites for hydroxylation is 1. The summed E-state index contributed by atoms with van der Waals surface area (Å²) >= 11 is 0. The van der Waals surface area contributed by atoms with E-state index in [2.05, 4.69) is 60.3 Å². The number of ether oxygens (including phenoxy) is 1. The zero-order valence-electron chi connectivity index (χ0n) is 15.3. The van der Waals surface area contributed by atoms with Gasteiger partial charge in [-0.05, 0) is 43.1 Å². The molecule has 3 rings (SSSR count). The standard InChI is InChI=1S/C18H26N4O2.ClH/c1-12(2)15-6-5-14(9-13(15)3)23-11-17-20-18(21-24-17)16-10-19-7-8-22(16)4;/h5-6,9,12,16,19H,7-8,10-11H2,1-4H3;1H. The summed E-state index contributed by atoms with van der Waals surface area (Å²) in [5.74, 6) is 2.57. The van der Waals surface area contributed by atoms with Crippen molar-refractivity contribution in [2.24, 2.45) is 0 Å². The van der Waals surface area contributed by atoms with Crippen LogP contribution in [0.15, 0.2) is 22.7 Å². The summed E-state index contributed by atoms with van der Waals surface area (Å²) in [6.45, 7) is 9.60. The van der Waals surface area contributed by atoms with Crippen LogP contribution in [-0.4, -0.2) is 41.7 Å². The molecule has 1 saturated heterocycles. The van der Waals surface area contributed by atoms with Gasteiger partial charge in [0.1, 0.15) is 5.75 Å². The molecule has 1 aromatic carbocycles. The number of halogens is 1. The van der Waals surface area contributed by atoms with Gasteiger partial charge in [0.2, 0.25) is 0 Å². The largest absolute Gasteiger partial charge is 0.484 e. The molecule has 1 unspecified atom stereocenters. The first-order valence-corrected chi connectivity index (χ1v) is 8.51. The smallest absolute Gasteiger partial charge is 0.264 e. The summed E-state index contributed by atoms with van der Waals surface area (Å²) in [6, 6.07) is 6.34. The van der Waals surface area contributed by atoms with Crippen molar-refractivity contribution in [2.45, 2.75) is 39.3 Å². The third kappa shape index (κ3) is 4.71. The third-order valence-electron chi connectivity index (χ3n) is 4.52. The Balaban J connectivity index is 0.00000225. The van der Waals surface area contributed by atoms with E-state index in [9.17, 15) is 0 Å². The van der Waals surface area contributed by atoms with Crippen LogP contribution in [0.5, 0.6) is 5.75 Å². The molecule has 0 radical (unpaired) electrons. The minimum atomic E-state index is 0. The second-order valence-corrected chi connectivity index (χ2v) is 6.71. The highest BCUT2D eigenvalue weighted by Gasteiger charge is 2.25. The van der Waals surface area contributed by atoms with Crippen molar-refractivity contribution < 1.29 is 9.26 Å². The Labute approximate surface area is 155 Å². The molecule has 1 N–H and O–H groups in total. The van der Waals surface area contributed by atoms with Gasteiger partial charge in [-0.3, -0.25) is 4.90 Å². The van der Waals surface area contributed by atoms with Gasteiger partial charge in [0.05, 0.1) is 6.04 Å². The predicted molar refractivity (Wildman–Crippen MR) is 99.4 cm³/mol. The van der Waals surface area contributed by atoms with Crippen LogP contribution in [0.1, 0.15) is 48.6 Å². The Hall–Kier alpha value is -1.63. The molecule has 1 aromatic heterocycles. The summed E-state index contributed by atoms with van der Waals surface area (Å²) in [7, 11) is 2.08. The molecule has 7 heteroatoms. The van der Waals surface area contributed by atoms with E-state index in [-0.39, 0.29) is 25.1 Å². The van der Waals surface area contributed by atoms with Crippen LogP contribution in [0.25, 0.3) is 0 Å². The van der Waals surface area contributed by atoms with Crippen molar-refractivity contribution in [2.75, 3.05) is 26.7 Å². The Morgan fingerprint density at radius 3 is 2.88 bits per heavy atom. The Morgan fingerprint density at radius 2 is 2.20 bits per heavy atom. The molecule has 0 aliphatic carbocycles. The lowest BCUT2D eigenvalue weighted by molar-refractivity contribution is 0.189. The average molecular weight is 367 g/mol. The van der Waals surface area contributed by atoms with Gasteiger partial charge in [-0.25, -0.2) is 0 Å². The van der Waals surface area contributed by atoms with E-state index in [1.807, 2.05) is 6.07 Å². The zero-order valence-corrected chi connectivity index (χ0v) is 16.1. The highest BCUT2D eigenvalue weighted by atomic mass is 35.5. The van der Waals surface area contributed by atoms with Gasteiger partial charge >= 0.3 is 0 Å². The molecule has 25 heavy (non-hydrogen) atoms. The van der Waals surface area contributed by atoms with Crippen LogP contribution < -0.4 is 10.1 Å². The van der Waals surface area contributed by atoms with Gasteiger partial charge in [-0.15, -0.1) is 12.4 Å². The maximum absolute atomic E-state index is 5.81. The van der Waals surface area contributed by atoms with Crippen LogP contribution in [-0.2, 0) is 6.61 Å². The molecule has 0 amide bonds. The van der Waals surface area contributed by atoms with Gasteiger partial charge in [0.25, 0.3) is 5.89 Å². The monoisotopic (exact) mass is 366 g/mol. The summed E-state index contributed by atoms with van der Waals surface area (Å²) in [5, 5.41) is 7.47. The minimum absolute atomic E-state index is 0. The predicted octanol–water partition coefficient (Wildman–Crippen LogP) is 3.08. The number of nitrogens with zero attached hydrogens (tertiary/aromatic N) is 3. The maximum Gasteiger partial charge on any atom is 0.264 e. The van der Waals surface area contributed by atoms with Crippen LogP contribution >= 0.6 is 12.4 Å². The molecule has 6 nitrogen and oxygen atoms in total. The highest BCUT2D eigenvalue weighted by Crippen LogP contribution is 2.24. The van der Waals surface area contributed by atoms with E-state index < -0.39 is 0 Å². The third-order valence-corrected chi connectivity index (χ3v) is 4.52. The number of benzene rings is 1. The van der Waals surface area contributed by atoms with Gasteiger partial charge in [-0.2, -0.15) is 4.98 Å². The molecule has 0 bridgehead atoms. The van der Waals surface area contributed by atoms with Gasteiger partial charge in [0, 0.05) is 19.6 Å². The first-order valence-electron chi connectivity index (χ1n) is 8.51. The van der Waals surface area contributed by atoms with E-state index in [0.717, 1.165) is 31.2 Å². The number of piperazine rings is 1. The second kappa shape index (κ2) is 8.65. The number of hydrogen-bond donors (Lipinski definition) is 1. The maximum atomic E-state index is 5.81. The fourth-order valence-corrected chi connectivity index (χ4v) is 3.09. The zero-order chi connectivity index (χ0) is 17.1. The average Bonchev–Trinajstić information content (AvgIpc) is 3.02. The van der Waals surface area contributed by atoms with Crippen molar-refractivity contribution >= 4 is 12.4 Å². The molecule has 1 aliphatic heterocycles. The SMILES string of the molecule is Cc1cc(OCc2nc(C3CNCCN3C)no2)ccc1C(C)C.Cl. The van der Waals surface area contributed by atoms with Gasteiger partial charge < -0.3 is 14.6 Å². The van der Waals surface area contributed by atoms with Crippen molar-refractivity contribution in [1.29, 1.82) is 0 Å². The molecule has 138 valence electrons. The minimum Gasteiger partial charge on any atom is -0.484 e. The van der Waals surface area contributed by atoms with Crippen molar-refractivity contribution in [3.05, 3.63) is 41.0 Å². The molecule has 1 fully saturated rings. The van der Waals surface area contributed by atoms with E-state index in [1.165, 1.54) is 11.1 Å². The van der Waals surface area contributed by atoms with E-state index >= 15 is 0 Å². The summed E-state index contributed by atoms with van der Waals surface area (Å²) in [5.41, 5.74) is 2.58. The Bertz CT molecular complexity index is 689. The highest BCUT2D eigenvalue weighted by molar-refractivity contribution is 5.85. The van der Waals surface area contributed by atoms with Crippen LogP contribution in [0.2, 0.25) is 0 Å². The van der Waals surface area contributed by atoms with E-state index in [4.69, 9.17) is 9.26 Å². The summed E-state index contributed by atoms with van der Waals surface area (Å²) in [4.78, 5) is 6.72. The van der Waals surface area contributed by atoms with Crippen molar-refractivity contribution in [3.8, 4) is 5.75 Å². The Kier molecular flexibility index (Phi) is 6.81. The molecule has 0 spiro atoms. The summed E-state index contributed by atoms with van der Waals surface area (Å²) < 4.78 is 11.1. The molecular formula is C18H27ClN4O2. The summed E-state index contributed by atoms with van der Waals surface area (Å²) in [6.07, 6.45) is 0. The lowest BCUT2D eigenvalue weighted by atomic mass is 9.98. The topological polar surface area (TPSA) is 63.4 Å². The fourth-order valence-electron chi connectivity index (χ4n) is 3.09. The number of hydrogen-bond acceptors (Lipinski definition) is 6. The second-order valence-electron chi connectivity index (χ2n) is 6.71. The normalized spacial score (nSPS) is 18.2. The van der Waals surface area contributed by atoms with Crippen molar-refractivity contribution in [1.82, 2.24) is 20.4 Å². The van der Waals surface area contributed by atoms with Gasteiger partial charge in [0.15, 0.2) is 12.4 Å².